The average Bonchev–Trinajstić information content (AvgIpc) is 2.35. The molecule has 2 aromatic carbocycles. The van der Waals surface area contributed by atoms with Crippen molar-refractivity contribution in [2.75, 3.05) is 12.3 Å². The number of rotatable bonds is 4. The molecule has 6 heteroatoms. The molecule has 106 valence electrons. The van der Waals surface area contributed by atoms with Gasteiger partial charge in [0.1, 0.15) is 23.1 Å². The van der Waals surface area contributed by atoms with E-state index in [2.05, 4.69) is 15.9 Å². The van der Waals surface area contributed by atoms with Crippen molar-refractivity contribution in [2.45, 2.75) is 6.92 Å². The van der Waals surface area contributed by atoms with Crippen molar-refractivity contribution in [3.8, 4) is 17.2 Å². The normalized spacial score (nSPS) is 10.4. The van der Waals surface area contributed by atoms with Gasteiger partial charge in [-0.1, -0.05) is 11.6 Å². The molecule has 20 heavy (non-hydrogen) atoms. The lowest BCUT2D eigenvalue weighted by Crippen LogP contribution is -1.95. The summed E-state index contributed by atoms with van der Waals surface area (Å²) in [5.74, 6) is 0.794. The zero-order valence-electron chi connectivity index (χ0n) is 10.6. The van der Waals surface area contributed by atoms with Crippen LogP contribution in [0.25, 0.3) is 0 Å². The van der Waals surface area contributed by atoms with Crippen LogP contribution >= 0.6 is 27.5 Å². The maximum absolute atomic E-state index is 13.5. The molecule has 0 fully saturated rings. The van der Waals surface area contributed by atoms with Crippen molar-refractivity contribution in [3.05, 3.63) is 45.6 Å². The van der Waals surface area contributed by atoms with E-state index in [9.17, 15) is 4.39 Å². The highest BCUT2D eigenvalue weighted by Gasteiger charge is 2.10. The molecule has 0 aliphatic rings. The fourth-order valence-electron chi connectivity index (χ4n) is 1.61. The first kappa shape index (κ1) is 14.9. The third kappa shape index (κ3) is 3.55. The molecule has 0 radical (unpaired) electrons. The standard InChI is InChI=1S/C14H12BrClFNO2/c1-2-19-9-3-8(18)4-10(5-9)20-14-7-13(17)12(16)6-11(14)15/h3-7H,2,18H2,1H3. The highest BCUT2D eigenvalue weighted by atomic mass is 79.9. The van der Waals surface area contributed by atoms with Crippen LogP contribution < -0.4 is 15.2 Å². The molecule has 0 atom stereocenters. The summed E-state index contributed by atoms with van der Waals surface area (Å²) < 4.78 is 25.0. The molecule has 0 bridgehead atoms. The van der Waals surface area contributed by atoms with Gasteiger partial charge in [0.2, 0.25) is 0 Å². The number of halogens is 3. The molecule has 0 amide bonds. The first-order chi connectivity index (χ1) is 9.49. The van der Waals surface area contributed by atoms with E-state index in [1.165, 1.54) is 12.1 Å². The molecule has 2 N–H and O–H groups in total. The second-order valence-corrected chi connectivity index (χ2v) is 5.23. The second-order valence-electron chi connectivity index (χ2n) is 3.97. The molecule has 0 spiro atoms. The van der Waals surface area contributed by atoms with Crippen molar-refractivity contribution < 1.29 is 13.9 Å². The van der Waals surface area contributed by atoms with E-state index in [0.29, 0.717) is 34.0 Å². The number of ether oxygens (including phenoxy) is 2. The highest BCUT2D eigenvalue weighted by Crippen LogP contribution is 2.35. The molecule has 0 saturated carbocycles. The van der Waals surface area contributed by atoms with E-state index in [-0.39, 0.29) is 5.02 Å². The molecular weight excluding hydrogens is 349 g/mol. The van der Waals surface area contributed by atoms with Gasteiger partial charge in [-0.25, -0.2) is 4.39 Å². The van der Waals surface area contributed by atoms with Gasteiger partial charge >= 0.3 is 0 Å². The minimum Gasteiger partial charge on any atom is -0.494 e. The SMILES string of the molecule is CCOc1cc(N)cc(Oc2cc(F)c(Cl)cc2Br)c1. The summed E-state index contributed by atoms with van der Waals surface area (Å²) in [4.78, 5) is 0. The van der Waals surface area contributed by atoms with E-state index >= 15 is 0 Å². The van der Waals surface area contributed by atoms with Crippen LogP contribution in [0.15, 0.2) is 34.8 Å². The predicted octanol–water partition coefficient (Wildman–Crippen LogP) is 5.01. The van der Waals surface area contributed by atoms with Crippen LogP contribution in [-0.4, -0.2) is 6.61 Å². The van der Waals surface area contributed by atoms with Crippen LogP contribution in [0.2, 0.25) is 5.02 Å². The fourth-order valence-corrected chi connectivity index (χ4v) is 2.33. The molecule has 0 heterocycles. The number of anilines is 1. The molecule has 3 nitrogen and oxygen atoms in total. The van der Waals surface area contributed by atoms with Gasteiger partial charge in [0, 0.05) is 30.0 Å². The Bertz CT molecular complexity index is 637. The van der Waals surface area contributed by atoms with Crippen LogP contribution in [0.3, 0.4) is 0 Å². The smallest absolute Gasteiger partial charge is 0.145 e. The molecule has 0 saturated heterocycles. The Morgan fingerprint density at radius 3 is 2.60 bits per heavy atom. The lowest BCUT2D eigenvalue weighted by molar-refractivity contribution is 0.338. The number of benzene rings is 2. The van der Waals surface area contributed by atoms with Crippen molar-refractivity contribution in [2.24, 2.45) is 0 Å². The topological polar surface area (TPSA) is 44.5 Å². The van der Waals surface area contributed by atoms with Crippen LogP contribution in [0.4, 0.5) is 10.1 Å². The van der Waals surface area contributed by atoms with Crippen LogP contribution in [0.1, 0.15) is 6.92 Å². The summed E-state index contributed by atoms with van der Waals surface area (Å²) >= 11 is 8.95. The highest BCUT2D eigenvalue weighted by molar-refractivity contribution is 9.10. The molecule has 0 aromatic heterocycles. The molecule has 0 aliphatic carbocycles. The third-order valence-corrected chi connectivity index (χ3v) is 3.33. The summed E-state index contributed by atoms with van der Waals surface area (Å²) in [6, 6.07) is 7.63. The van der Waals surface area contributed by atoms with Gasteiger partial charge in [-0.3, -0.25) is 0 Å². The maximum atomic E-state index is 13.5. The molecular formula is C14H12BrClFNO2. The van der Waals surface area contributed by atoms with Gasteiger partial charge in [-0.05, 0) is 28.9 Å². The quantitative estimate of drug-likeness (QED) is 0.615. The van der Waals surface area contributed by atoms with Crippen molar-refractivity contribution in [3.63, 3.8) is 0 Å². The Labute approximate surface area is 129 Å². The second kappa shape index (κ2) is 6.33. The van der Waals surface area contributed by atoms with Gasteiger partial charge in [-0.15, -0.1) is 0 Å². The predicted molar refractivity (Wildman–Crippen MR) is 81.2 cm³/mol. The minimum absolute atomic E-state index is 0.0202. The Morgan fingerprint density at radius 1 is 1.20 bits per heavy atom. The maximum Gasteiger partial charge on any atom is 0.145 e. The van der Waals surface area contributed by atoms with Crippen LogP contribution in [0, 0.1) is 5.82 Å². The van der Waals surface area contributed by atoms with Gasteiger partial charge in [0.05, 0.1) is 16.1 Å². The molecule has 2 rings (SSSR count). The Morgan fingerprint density at radius 2 is 1.90 bits per heavy atom. The van der Waals surface area contributed by atoms with Gasteiger partial charge in [-0.2, -0.15) is 0 Å². The lowest BCUT2D eigenvalue weighted by atomic mass is 10.3. The minimum atomic E-state index is -0.557. The number of hydrogen-bond acceptors (Lipinski definition) is 3. The third-order valence-electron chi connectivity index (χ3n) is 2.42. The number of nitrogens with two attached hydrogens (primary N) is 1. The monoisotopic (exact) mass is 359 g/mol. The average molecular weight is 361 g/mol. The van der Waals surface area contributed by atoms with Crippen molar-refractivity contribution in [1.29, 1.82) is 0 Å². The van der Waals surface area contributed by atoms with E-state index in [0.717, 1.165) is 0 Å². The van der Waals surface area contributed by atoms with Gasteiger partial charge < -0.3 is 15.2 Å². The Hall–Kier alpha value is -1.46. The molecule has 2 aromatic rings. The molecule has 0 unspecified atom stereocenters. The van der Waals surface area contributed by atoms with E-state index in [1.807, 2.05) is 6.92 Å². The number of hydrogen-bond donors (Lipinski definition) is 1. The van der Waals surface area contributed by atoms with Crippen LogP contribution in [-0.2, 0) is 0 Å². The van der Waals surface area contributed by atoms with Crippen molar-refractivity contribution in [1.82, 2.24) is 0 Å². The summed E-state index contributed by atoms with van der Waals surface area (Å²) in [5.41, 5.74) is 6.27. The van der Waals surface area contributed by atoms with Gasteiger partial charge in [0.25, 0.3) is 0 Å². The summed E-state index contributed by atoms with van der Waals surface area (Å²) in [6.07, 6.45) is 0. The zero-order chi connectivity index (χ0) is 14.7. The first-order valence-corrected chi connectivity index (χ1v) is 7.02. The zero-order valence-corrected chi connectivity index (χ0v) is 13.0. The summed E-state index contributed by atoms with van der Waals surface area (Å²) in [5, 5.41) is 0.0202. The Kier molecular flexibility index (Phi) is 4.73. The van der Waals surface area contributed by atoms with E-state index in [1.54, 1.807) is 18.2 Å². The molecule has 0 aliphatic heterocycles. The summed E-state index contributed by atoms with van der Waals surface area (Å²) in [6.45, 7) is 2.39. The van der Waals surface area contributed by atoms with Crippen LogP contribution in [0.5, 0.6) is 17.2 Å². The van der Waals surface area contributed by atoms with E-state index in [4.69, 9.17) is 26.8 Å². The fraction of sp³-hybridized carbons (Fsp3) is 0.143. The lowest BCUT2D eigenvalue weighted by Gasteiger charge is -2.11. The van der Waals surface area contributed by atoms with E-state index < -0.39 is 5.82 Å². The Balaban J connectivity index is 2.32. The van der Waals surface area contributed by atoms with Gasteiger partial charge in [0.15, 0.2) is 0 Å². The largest absolute Gasteiger partial charge is 0.494 e. The first-order valence-electron chi connectivity index (χ1n) is 5.85. The van der Waals surface area contributed by atoms with Crippen molar-refractivity contribution >= 4 is 33.2 Å². The number of nitrogen functional groups attached to an aromatic ring is 1. The summed E-state index contributed by atoms with van der Waals surface area (Å²) in [7, 11) is 0.